The number of esters is 2. The zero-order valence-electron chi connectivity index (χ0n) is 41.2. The van der Waals surface area contributed by atoms with Gasteiger partial charge in [-0.3, -0.25) is 9.59 Å². The fourth-order valence-corrected chi connectivity index (χ4v) is 6.90. The molecule has 0 bridgehead atoms. The summed E-state index contributed by atoms with van der Waals surface area (Å²) in [6.07, 6.45) is 78.6. The summed E-state index contributed by atoms with van der Waals surface area (Å²) in [4.78, 5) is 24.5. The average molecular weight is 885 g/mol. The monoisotopic (exact) mass is 885 g/mol. The van der Waals surface area contributed by atoms with Crippen molar-refractivity contribution in [1.29, 1.82) is 0 Å². The van der Waals surface area contributed by atoms with Gasteiger partial charge in [0.05, 0.1) is 6.61 Å². The van der Waals surface area contributed by atoms with Gasteiger partial charge in [0.15, 0.2) is 6.10 Å². The Morgan fingerprint density at radius 2 is 0.625 bits per heavy atom. The number of aliphatic hydroxyl groups is 1. The van der Waals surface area contributed by atoms with Gasteiger partial charge in [-0.2, -0.15) is 0 Å². The lowest BCUT2D eigenvalue weighted by molar-refractivity contribution is -0.161. The van der Waals surface area contributed by atoms with Gasteiger partial charge in [-0.15, -0.1) is 0 Å². The number of unbranched alkanes of at least 4 members (excludes halogenated alkanes) is 18. The van der Waals surface area contributed by atoms with Crippen LogP contribution in [0.1, 0.15) is 219 Å². The molecule has 0 heterocycles. The predicted octanol–water partition coefficient (Wildman–Crippen LogP) is 17.5. The van der Waals surface area contributed by atoms with Crippen molar-refractivity contribution in [3.8, 4) is 0 Å². The van der Waals surface area contributed by atoms with Crippen molar-refractivity contribution < 1.29 is 24.2 Å². The molecule has 5 nitrogen and oxygen atoms in total. The summed E-state index contributed by atoms with van der Waals surface area (Å²) in [7, 11) is 0. The molecule has 0 aromatic rings. The van der Waals surface area contributed by atoms with Crippen LogP contribution >= 0.6 is 0 Å². The molecule has 0 fully saturated rings. The van der Waals surface area contributed by atoms with E-state index in [1.54, 1.807) is 0 Å². The van der Waals surface area contributed by atoms with Gasteiger partial charge in [-0.25, -0.2) is 0 Å². The summed E-state index contributed by atoms with van der Waals surface area (Å²) in [6.45, 7) is 3.90. The van der Waals surface area contributed by atoms with Gasteiger partial charge < -0.3 is 14.6 Å². The van der Waals surface area contributed by atoms with Crippen LogP contribution in [0.4, 0.5) is 0 Å². The second-order valence-electron chi connectivity index (χ2n) is 16.8. The molecule has 1 unspecified atom stereocenters. The van der Waals surface area contributed by atoms with Crippen molar-refractivity contribution in [3.05, 3.63) is 122 Å². The molecule has 0 spiro atoms. The molecule has 1 atom stereocenters. The van der Waals surface area contributed by atoms with Crippen LogP contribution < -0.4 is 0 Å². The Kier molecular flexibility index (Phi) is 50.5. The van der Waals surface area contributed by atoms with Crippen molar-refractivity contribution >= 4 is 11.9 Å². The SMILES string of the molecule is CC/C=C\C/C=C\C/C=C\C/C=C\C/C=C\CCCCCCCCCCCC(=O)OCC(CO)OC(=O)CCCCCCCCCCC/C=C\C/C=C\C/C=C\C/C=C\C/C=C\CC. The predicted molar refractivity (Wildman–Crippen MR) is 278 cm³/mol. The van der Waals surface area contributed by atoms with E-state index < -0.39 is 6.10 Å². The third-order valence-corrected chi connectivity index (χ3v) is 10.8. The lowest BCUT2D eigenvalue weighted by atomic mass is 10.1. The molecule has 0 rings (SSSR count). The minimum atomic E-state index is -0.787. The van der Waals surface area contributed by atoms with Crippen molar-refractivity contribution in [2.75, 3.05) is 13.2 Å². The summed E-state index contributed by atoms with van der Waals surface area (Å²) in [5, 5.41) is 9.64. The van der Waals surface area contributed by atoms with Crippen LogP contribution in [0.5, 0.6) is 0 Å². The first kappa shape index (κ1) is 60.3. The first-order valence-electron chi connectivity index (χ1n) is 26.1. The third-order valence-electron chi connectivity index (χ3n) is 10.8. The Balaban J connectivity index is 3.58. The van der Waals surface area contributed by atoms with E-state index in [0.29, 0.717) is 12.8 Å². The Bertz CT molecular complexity index is 1320. The van der Waals surface area contributed by atoms with Crippen LogP contribution in [-0.4, -0.2) is 36.4 Å². The number of carbonyl (C=O) groups excluding carboxylic acids is 2. The van der Waals surface area contributed by atoms with E-state index >= 15 is 0 Å². The van der Waals surface area contributed by atoms with Crippen molar-refractivity contribution in [3.63, 3.8) is 0 Å². The summed E-state index contributed by atoms with van der Waals surface area (Å²) in [5.41, 5.74) is 0. The standard InChI is InChI=1S/C59H96O5/c1-3-5-7-9-11-13-15-17-19-21-23-25-27-29-31-33-35-37-39-41-43-45-47-49-51-53-58(61)63-56-57(55-60)64-59(62)54-52-50-48-46-44-42-40-38-36-34-32-30-28-26-24-22-20-18-16-14-12-10-8-6-4-2/h5-8,11-14,17-20,23-26,29-32,57,60H,3-4,9-10,15-16,21-22,27-28,33-56H2,1-2H3/b7-5-,8-6-,13-11-,14-12-,19-17-,20-18-,25-23-,26-24-,31-29-,32-30-. The molecular formula is C59H96O5. The highest BCUT2D eigenvalue weighted by molar-refractivity contribution is 5.70. The highest BCUT2D eigenvalue weighted by Gasteiger charge is 2.16. The molecule has 0 aliphatic heterocycles. The maximum Gasteiger partial charge on any atom is 0.306 e. The number of hydrogen-bond donors (Lipinski definition) is 1. The Morgan fingerprint density at radius 1 is 0.359 bits per heavy atom. The van der Waals surface area contributed by atoms with E-state index in [1.807, 2.05) is 0 Å². The van der Waals surface area contributed by atoms with E-state index in [4.69, 9.17) is 9.47 Å². The lowest BCUT2D eigenvalue weighted by Crippen LogP contribution is -2.28. The van der Waals surface area contributed by atoms with E-state index in [-0.39, 0.29) is 25.2 Å². The molecule has 0 aromatic heterocycles. The minimum absolute atomic E-state index is 0.0789. The van der Waals surface area contributed by atoms with Crippen molar-refractivity contribution in [2.45, 2.75) is 225 Å². The Hall–Kier alpha value is -3.70. The molecule has 0 aliphatic rings. The smallest absolute Gasteiger partial charge is 0.306 e. The zero-order valence-corrected chi connectivity index (χ0v) is 41.2. The molecule has 0 aliphatic carbocycles. The topological polar surface area (TPSA) is 72.8 Å². The summed E-state index contributed by atoms with van der Waals surface area (Å²) >= 11 is 0. The van der Waals surface area contributed by atoms with Crippen LogP contribution in [-0.2, 0) is 19.1 Å². The van der Waals surface area contributed by atoms with Crippen LogP contribution in [0.25, 0.3) is 0 Å². The third kappa shape index (κ3) is 50.9. The van der Waals surface area contributed by atoms with Gasteiger partial charge >= 0.3 is 11.9 Å². The van der Waals surface area contributed by atoms with E-state index in [1.165, 1.54) is 89.9 Å². The molecule has 362 valence electrons. The number of rotatable bonds is 46. The number of carbonyl (C=O) groups is 2. The molecule has 5 heteroatoms. The fraction of sp³-hybridized carbons (Fsp3) is 0.627. The highest BCUT2D eigenvalue weighted by Crippen LogP contribution is 2.14. The van der Waals surface area contributed by atoms with Crippen LogP contribution in [0.3, 0.4) is 0 Å². The van der Waals surface area contributed by atoms with E-state index in [2.05, 4.69) is 135 Å². The summed E-state index contributed by atoms with van der Waals surface area (Å²) in [6, 6.07) is 0. The first-order chi connectivity index (χ1) is 31.6. The molecule has 1 N–H and O–H groups in total. The van der Waals surface area contributed by atoms with Gasteiger partial charge in [0.2, 0.25) is 0 Å². The molecular weight excluding hydrogens is 789 g/mol. The van der Waals surface area contributed by atoms with Crippen LogP contribution in [0, 0.1) is 0 Å². The molecule has 0 saturated heterocycles. The van der Waals surface area contributed by atoms with Gasteiger partial charge in [-0.1, -0.05) is 225 Å². The molecule has 0 amide bonds. The quantitative estimate of drug-likeness (QED) is 0.0375. The largest absolute Gasteiger partial charge is 0.462 e. The maximum atomic E-state index is 12.3. The Morgan fingerprint density at radius 3 is 0.938 bits per heavy atom. The number of aliphatic hydroxyl groups excluding tert-OH is 1. The second-order valence-corrected chi connectivity index (χ2v) is 16.8. The van der Waals surface area contributed by atoms with Gasteiger partial charge in [0, 0.05) is 12.8 Å². The average Bonchev–Trinajstić information content (AvgIpc) is 3.30. The molecule has 0 radical (unpaired) electrons. The molecule has 0 aromatic carbocycles. The number of hydrogen-bond acceptors (Lipinski definition) is 5. The number of allylic oxidation sites excluding steroid dienone is 20. The highest BCUT2D eigenvalue weighted by atomic mass is 16.6. The van der Waals surface area contributed by atoms with Gasteiger partial charge in [0.25, 0.3) is 0 Å². The zero-order chi connectivity index (χ0) is 46.3. The van der Waals surface area contributed by atoms with Gasteiger partial charge in [0.1, 0.15) is 6.61 Å². The second kappa shape index (κ2) is 53.6. The maximum absolute atomic E-state index is 12.3. The lowest BCUT2D eigenvalue weighted by Gasteiger charge is -2.15. The van der Waals surface area contributed by atoms with E-state index in [0.717, 1.165) is 103 Å². The molecule has 64 heavy (non-hydrogen) atoms. The summed E-state index contributed by atoms with van der Waals surface area (Å²) in [5.74, 6) is -0.611. The minimum Gasteiger partial charge on any atom is -0.462 e. The van der Waals surface area contributed by atoms with Crippen LogP contribution in [0.2, 0.25) is 0 Å². The Labute approximate surface area is 394 Å². The van der Waals surface area contributed by atoms with Gasteiger partial charge in [-0.05, 0) is 103 Å². The van der Waals surface area contributed by atoms with Crippen LogP contribution in [0.15, 0.2) is 122 Å². The van der Waals surface area contributed by atoms with Crippen molar-refractivity contribution in [2.24, 2.45) is 0 Å². The van der Waals surface area contributed by atoms with E-state index in [9.17, 15) is 14.7 Å². The normalized spacial score (nSPS) is 13.2. The van der Waals surface area contributed by atoms with Crippen molar-refractivity contribution in [1.82, 2.24) is 0 Å². The first-order valence-corrected chi connectivity index (χ1v) is 26.1. The summed E-state index contributed by atoms with van der Waals surface area (Å²) < 4.78 is 10.7. The molecule has 0 saturated carbocycles. The fourth-order valence-electron chi connectivity index (χ4n) is 6.90. The number of ether oxygens (including phenoxy) is 2.